The van der Waals surface area contributed by atoms with Gasteiger partial charge in [-0.15, -0.1) is 0 Å². The van der Waals surface area contributed by atoms with Gasteiger partial charge in [0.2, 0.25) is 5.91 Å². The monoisotopic (exact) mass is 411 g/mol. The summed E-state index contributed by atoms with van der Waals surface area (Å²) in [4.78, 5) is 19.9. The lowest BCUT2D eigenvalue weighted by molar-refractivity contribution is -0.128. The Kier molecular flexibility index (Phi) is 8.16. The molecule has 0 unspecified atom stereocenters. The molecule has 0 saturated carbocycles. The van der Waals surface area contributed by atoms with Gasteiger partial charge in [-0.1, -0.05) is 29.3 Å². The predicted molar refractivity (Wildman–Crippen MR) is 107 cm³/mol. The maximum absolute atomic E-state index is 12.0. The molecule has 0 spiro atoms. The first-order valence-electron chi connectivity index (χ1n) is 8.59. The topological polar surface area (TPSA) is 76.9 Å². The number of aromatic nitrogens is 1. The van der Waals surface area contributed by atoms with E-state index < -0.39 is 0 Å². The Labute approximate surface area is 169 Å². The molecule has 0 bridgehead atoms. The van der Waals surface area contributed by atoms with Crippen LogP contribution in [-0.4, -0.2) is 52.7 Å². The fourth-order valence-corrected chi connectivity index (χ4v) is 2.86. The second-order valence-corrected chi connectivity index (χ2v) is 7.04. The largest absolute Gasteiger partial charge is 0.508 e. The van der Waals surface area contributed by atoms with Crippen molar-refractivity contribution < 1.29 is 15.0 Å². The number of aliphatic hydroxyl groups is 1. The Morgan fingerprint density at radius 3 is 2.41 bits per heavy atom. The van der Waals surface area contributed by atoms with Gasteiger partial charge >= 0.3 is 0 Å². The third-order valence-electron chi connectivity index (χ3n) is 4.12. The van der Waals surface area contributed by atoms with Crippen molar-refractivity contribution in [3.63, 3.8) is 0 Å². The van der Waals surface area contributed by atoms with Crippen molar-refractivity contribution in [2.75, 3.05) is 31.6 Å². The number of nitrogens with zero attached hydrogens (tertiary/aromatic N) is 3. The molecule has 0 aliphatic carbocycles. The van der Waals surface area contributed by atoms with E-state index in [2.05, 4.69) is 4.98 Å². The summed E-state index contributed by atoms with van der Waals surface area (Å²) in [5.41, 5.74) is 0.776. The zero-order chi connectivity index (χ0) is 19.8. The summed E-state index contributed by atoms with van der Waals surface area (Å²) in [5, 5.41) is 18.6. The predicted octanol–water partition coefficient (Wildman–Crippen LogP) is 3.33. The molecule has 27 heavy (non-hydrogen) atoms. The van der Waals surface area contributed by atoms with Gasteiger partial charge in [-0.3, -0.25) is 4.79 Å². The van der Waals surface area contributed by atoms with Crippen LogP contribution in [0.5, 0.6) is 5.75 Å². The molecule has 8 heteroatoms. The Morgan fingerprint density at radius 1 is 1.19 bits per heavy atom. The molecule has 1 aliphatic rings. The highest BCUT2D eigenvalue weighted by atomic mass is 35.5. The third-order valence-corrected chi connectivity index (χ3v) is 4.86. The fraction of sp³-hybridized carbons (Fsp3) is 0.368. The molecule has 2 aromatic rings. The number of likely N-dealkylation sites (N-methyl/N-ethyl adjacent to an activating group) is 1. The number of likely N-dealkylation sites (tertiary alicyclic amines) is 1. The van der Waals surface area contributed by atoms with Crippen molar-refractivity contribution in [2.45, 2.75) is 19.4 Å². The van der Waals surface area contributed by atoms with Gasteiger partial charge in [-0.25, -0.2) is 4.98 Å². The van der Waals surface area contributed by atoms with Gasteiger partial charge in [0.15, 0.2) is 0 Å². The number of carbonyl (C=O) groups excluding carboxylic acids is 1. The number of aromatic hydroxyl groups is 1. The van der Waals surface area contributed by atoms with E-state index in [0.717, 1.165) is 37.3 Å². The molecular weight excluding hydrogens is 389 g/mol. The lowest BCUT2D eigenvalue weighted by atomic mass is 10.3. The molecule has 2 heterocycles. The minimum Gasteiger partial charge on any atom is -0.508 e. The van der Waals surface area contributed by atoms with E-state index in [0.29, 0.717) is 16.6 Å². The van der Waals surface area contributed by atoms with E-state index in [1.807, 2.05) is 29.0 Å². The van der Waals surface area contributed by atoms with Crippen LogP contribution in [0.4, 0.5) is 5.82 Å². The van der Waals surface area contributed by atoms with Crippen LogP contribution in [0.25, 0.3) is 0 Å². The Hall–Kier alpha value is -2.02. The molecule has 2 N–H and O–H groups in total. The van der Waals surface area contributed by atoms with Crippen LogP contribution in [-0.2, 0) is 11.4 Å². The van der Waals surface area contributed by atoms with Gasteiger partial charge in [0, 0.05) is 26.3 Å². The van der Waals surface area contributed by atoms with Gasteiger partial charge < -0.3 is 20.0 Å². The Morgan fingerprint density at radius 2 is 1.89 bits per heavy atom. The zero-order valence-corrected chi connectivity index (χ0v) is 16.6. The number of anilines is 1. The molecule has 1 fully saturated rings. The van der Waals surface area contributed by atoms with E-state index >= 15 is 0 Å². The minimum atomic E-state index is -0.0102. The number of aliphatic hydroxyl groups excluding tert-OH is 1. The van der Waals surface area contributed by atoms with Crippen LogP contribution < -0.4 is 4.90 Å². The number of carbonyl (C=O) groups is 1. The summed E-state index contributed by atoms with van der Waals surface area (Å²) in [6, 6.07) is 8.05. The van der Waals surface area contributed by atoms with Crippen molar-refractivity contribution in [3.05, 3.63) is 52.1 Å². The lowest BCUT2D eigenvalue weighted by Crippen LogP contribution is -2.37. The second-order valence-electron chi connectivity index (χ2n) is 6.23. The van der Waals surface area contributed by atoms with Crippen molar-refractivity contribution in [2.24, 2.45) is 0 Å². The molecule has 0 radical (unpaired) electrons. The van der Waals surface area contributed by atoms with Crippen LogP contribution >= 0.6 is 23.2 Å². The van der Waals surface area contributed by atoms with Gasteiger partial charge in [0.1, 0.15) is 11.6 Å². The first-order valence-corrected chi connectivity index (χ1v) is 9.35. The summed E-state index contributed by atoms with van der Waals surface area (Å²) in [7, 11) is 1.86. The molecule has 1 amide bonds. The van der Waals surface area contributed by atoms with Crippen molar-refractivity contribution in [3.8, 4) is 5.75 Å². The average Bonchev–Trinajstić information content (AvgIpc) is 3.20. The van der Waals surface area contributed by atoms with Crippen LogP contribution in [0, 0.1) is 0 Å². The molecular formula is C19H23Cl2N3O3. The first kappa shape index (κ1) is 21.3. The number of halogens is 2. The van der Waals surface area contributed by atoms with Gasteiger partial charge in [0.05, 0.1) is 23.2 Å². The summed E-state index contributed by atoms with van der Waals surface area (Å²) in [5.74, 6) is 1.03. The molecule has 1 aliphatic heterocycles. The fourth-order valence-electron chi connectivity index (χ4n) is 2.57. The van der Waals surface area contributed by atoms with Crippen LogP contribution in [0.1, 0.15) is 18.4 Å². The number of amides is 1. The van der Waals surface area contributed by atoms with E-state index in [1.54, 1.807) is 12.3 Å². The molecule has 146 valence electrons. The number of hydrogen-bond acceptors (Lipinski definition) is 5. The number of pyridine rings is 1. The summed E-state index contributed by atoms with van der Waals surface area (Å²) >= 11 is 11.1. The van der Waals surface area contributed by atoms with E-state index in [-0.39, 0.29) is 18.3 Å². The summed E-state index contributed by atoms with van der Waals surface area (Å²) in [6.45, 7) is 2.10. The normalized spacial score (nSPS) is 13.1. The van der Waals surface area contributed by atoms with Crippen LogP contribution in [0.15, 0.2) is 36.5 Å². The first-order chi connectivity index (χ1) is 12.9. The number of hydrogen-bond donors (Lipinski definition) is 2. The Balaban J connectivity index is 0.000000244. The number of phenols is 1. The zero-order valence-electron chi connectivity index (χ0n) is 15.1. The Bertz CT molecular complexity index is 750. The molecule has 0 atom stereocenters. The van der Waals surface area contributed by atoms with Gasteiger partial charge in [-0.05, 0) is 42.7 Å². The SMILES string of the molecule is CN(CC(=O)N1CCCC1)c1ccc(CO)cn1.Oc1ccc(Cl)c(Cl)c1. The molecule has 1 saturated heterocycles. The van der Waals surface area contributed by atoms with Crippen molar-refractivity contribution >= 4 is 34.9 Å². The van der Waals surface area contributed by atoms with Crippen LogP contribution in [0.3, 0.4) is 0 Å². The standard InChI is InChI=1S/C13H19N3O2.C6H4Cl2O/c1-15(9-13(18)16-6-2-3-7-16)12-5-4-11(10-17)8-14-12;7-5-2-1-4(9)3-6(5)8/h4-5,8,17H,2-3,6-7,9-10H2,1H3;1-3,9H. The minimum absolute atomic E-state index is 0.0102. The van der Waals surface area contributed by atoms with E-state index in [1.165, 1.54) is 12.1 Å². The van der Waals surface area contributed by atoms with E-state index in [9.17, 15) is 4.79 Å². The smallest absolute Gasteiger partial charge is 0.242 e. The van der Waals surface area contributed by atoms with Crippen molar-refractivity contribution in [1.82, 2.24) is 9.88 Å². The number of benzene rings is 1. The van der Waals surface area contributed by atoms with E-state index in [4.69, 9.17) is 33.4 Å². The number of phenolic OH excluding ortho intramolecular Hbond substituents is 1. The summed E-state index contributed by atoms with van der Waals surface area (Å²) in [6.07, 6.45) is 3.85. The number of rotatable bonds is 4. The maximum atomic E-state index is 12.0. The quantitative estimate of drug-likeness (QED) is 0.806. The lowest BCUT2D eigenvalue weighted by Gasteiger charge is -2.22. The van der Waals surface area contributed by atoms with Gasteiger partial charge in [-0.2, -0.15) is 0 Å². The molecule has 3 rings (SSSR count). The second kappa shape index (κ2) is 10.3. The highest BCUT2D eigenvalue weighted by Crippen LogP contribution is 2.25. The maximum Gasteiger partial charge on any atom is 0.242 e. The molecule has 1 aromatic carbocycles. The summed E-state index contributed by atoms with van der Waals surface area (Å²) < 4.78 is 0. The molecule has 1 aromatic heterocycles. The van der Waals surface area contributed by atoms with Crippen molar-refractivity contribution in [1.29, 1.82) is 0 Å². The third kappa shape index (κ3) is 6.57. The van der Waals surface area contributed by atoms with Gasteiger partial charge in [0.25, 0.3) is 0 Å². The highest BCUT2D eigenvalue weighted by molar-refractivity contribution is 6.42. The highest BCUT2D eigenvalue weighted by Gasteiger charge is 2.19. The molecule has 6 nitrogen and oxygen atoms in total. The van der Waals surface area contributed by atoms with Crippen LogP contribution in [0.2, 0.25) is 10.0 Å². The average molecular weight is 412 g/mol.